The van der Waals surface area contributed by atoms with Crippen LogP contribution in [0, 0.1) is 0 Å². The van der Waals surface area contributed by atoms with Crippen molar-refractivity contribution >= 4 is 25.2 Å². The summed E-state index contributed by atoms with van der Waals surface area (Å²) in [5, 5.41) is 9.10. The lowest BCUT2D eigenvalue weighted by atomic mass is 9.93. The third-order valence-corrected chi connectivity index (χ3v) is 4.91. The molecule has 0 aromatic heterocycles. The first-order valence-corrected chi connectivity index (χ1v) is 10.1. The summed E-state index contributed by atoms with van der Waals surface area (Å²) in [6.07, 6.45) is -0.135. The predicted molar refractivity (Wildman–Crippen MR) is 123 cm³/mol. The average molecular weight is 429 g/mol. The summed E-state index contributed by atoms with van der Waals surface area (Å²) in [7, 11) is 7.53. The van der Waals surface area contributed by atoms with Crippen LogP contribution in [0.3, 0.4) is 0 Å². The van der Waals surface area contributed by atoms with Gasteiger partial charge in [-0.3, -0.25) is 9.59 Å². The molecule has 0 aliphatic heterocycles. The zero-order chi connectivity index (χ0) is 23.1. The van der Waals surface area contributed by atoms with Crippen LogP contribution in [0.5, 0.6) is 17.2 Å². The number of methoxy groups -OCH3 is 1. The van der Waals surface area contributed by atoms with E-state index in [1.54, 1.807) is 41.3 Å². The van der Waals surface area contributed by atoms with Crippen LogP contribution in [0.2, 0.25) is 0 Å². The molecule has 1 amide bonds. The minimum Gasteiger partial charge on any atom is -0.493 e. The molecule has 0 unspecified atom stereocenters. The van der Waals surface area contributed by atoms with Gasteiger partial charge < -0.3 is 19.5 Å². The fourth-order valence-electron chi connectivity index (χ4n) is 3.31. The van der Waals surface area contributed by atoms with Gasteiger partial charge in [0.25, 0.3) is 0 Å². The van der Waals surface area contributed by atoms with E-state index in [2.05, 4.69) is 0 Å². The van der Waals surface area contributed by atoms with Crippen LogP contribution in [0.4, 0.5) is 0 Å². The van der Waals surface area contributed by atoms with Crippen molar-refractivity contribution in [1.29, 1.82) is 0 Å². The van der Waals surface area contributed by atoms with Crippen LogP contribution in [-0.4, -0.2) is 36.8 Å². The summed E-state index contributed by atoms with van der Waals surface area (Å²) >= 11 is 0. The number of ether oxygens (including phenoxy) is 2. The normalized spacial score (nSPS) is 10.4. The van der Waals surface area contributed by atoms with Gasteiger partial charge in [0.05, 0.1) is 13.5 Å². The number of hydrogen-bond donors (Lipinski definition) is 1. The van der Waals surface area contributed by atoms with Crippen LogP contribution >= 0.6 is 0 Å². The Morgan fingerprint density at radius 1 is 0.906 bits per heavy atom. The summed E-state index contributed by atoms with van der Waals surface area (Å²) < 4.78 is 11.5. The van der Waals surface area contributed by atoms with Gasteiger partial charge in [0.15, 0.2) is 11.5 Å². The highest BCUT2D eigenvalue weighted by molar-refractivity contribution is 6.32. The molecular weight excluding hydrogens is 405 g/mol. The molecule has 2 radical (unpaired) electrons. The van der Waals surface area contributed by atoms with Crippen LogP contribution in [0.25, 0.3) is 0 Å². The highest BCUT2D eigenvalue weighted by Gasteiger charge is 2.16. The Hall–Kier alpha value is -3.74. The van der Waals surface area contributed by atoms with Crippen molar-refractivity contribution in [3.63, 3.8) is 0 Å². The number of nitrogens with zero attached hydrogens (tertiary/aromatic N) is 1. The second-order valence-corrected chi connectivity index (χ2v) is 7.39. The largest absolute Gasteiger partial charge is 0.493 e. The van der Waals surface area contributed by atoms with E-state index in [0.29, 0.717) is 41.4 Å². The average Bonchev–Trinajstić information content (AvgIpc) is 2.75. The van der Waals surface area contributed by atoms with Crippen molar-refractivity contribution in [3.8, 4) is 17.2 Å². The maximum absolute atomic E-state index is 12.3. The highest BCUT2D eigenvalue weighted by atomic mass is 16.5. The molecule has 0 saturated heterocycles. The Morgan fingerprint density at radius 2 is 1.62 bits per heavy atom. The Balaban J connectivity index is 1.91. The number of carboxylic acid groups (broad SMARTS) is 1. The molecule has 1 N–H and O–H groups in total. The molecule has 0 aliphatic rings. The van der Waals surface area contributed by atoms with Gasteiger partial charge in [-0.05, 0) is 29.3 Å². The Morgan fingerprint density at radius 3 is 2.28 bits per heavy atom. The maximum Gasteiger partial charge on any atom is 0.307 e. The van der Waals surface area contributed by atoms with Gasteiger partial charge in [-0.15, -0.1) is 0 Å². The van der Waals surface area contributed by atoms with Crippen LogP contribution < -0.4 is 14.9 Å². The van der Waals surface area contributed by atoms with Gasteiger partial charge in [-0.25, -0.2) is 0 Å². The Labute approximate surface area is 188 Å². The van der Waals surface area contributed by atoms with E-state index in [1.165, 1.54) is 14.0 Å². The second-order valence-electron chi connectivity index (χ2n) is 7.39. The van der Waals surface area contributed by atoms with Crippen LogP contribution in [0.1, 0.15) is 23.6 Å². The second kappa shape index (κ2) is 10.5. The fraction of sp³-hybridized carbons (Fsp3) is 0.200. The van der Waals surface area contributed by atoms with E-state index in [1.807, 2.05) is 30.3 Å². The van der Waals surface area contributed by atoms with Crippen molar-refractivity contribution in [3.05, 3.63) is 83.4 Å². The number of carbonyl (C=O) groups excluding carboxylic acids is 1. The first-order valence-electron chi connectivity index (χ1n) is 10.1. The van der Waals surface area contributed by atoms with E-state index in [-0.39, 0.29) is 12.3 Å². The molecule has 6 nitrogen and oxygen atoms in total. The standard InChI is InChI=1S/C25H24BNO5/c1-17(28)27(15-18-6-4-3-5-7-18)16-20-14-21(26)9-11-22(20)32-24-12-19(13-25(29)30)8-10-23(24)31-2/h3-12,14H,13,15-16H2,1-2H3,(H,29,30). The first kappa shape index (κ1) is 22.9. The minimum absolute atomic E-state index is 0.0803. The number of aliphatic carboxylic acids is 1. The third-order valence-electron chi connectivity index (χ3n) is 4.91. The molecule has 0 heterocycles. The molecule has 0 atom stereocenters. The lowest BCUT2D eigenvalue weighted by molar-refractivity contribution is -0.136. The van der Waals surface area contributed by atoms with Gasteiger partial charge >= 0.3 is 5.97 Å². The molecule has 3 rings (SSSR count). The van der Waals surface area contributed by atoms with Gasteiger partial charge in [0, 0.05) is 25.6 Å². The lowest BCUT2D eigenvalue weighted by Crippen LogP contribution is -2.28. The van der Waals surface area contributed by atoms with Crippen molar-refractivity contribution in [2.45, 2.75) is 26.4 Å². The highest BCUT2D eigenvalue weighted by Crippen LogP contribution is 2.34. The van der Waals surface area contributed by atoms with Crippen molar-refractivity contribution in [2.24, 2.45) is 0 Å². The molecular formula is C25H24BNO5. The Bertz CT molecular complexity index is 1100. The number of amides is 1. The quantitative estimate of drug-likeness (QED) is 0.528. The van der Waals surface area contributed by atoms with Gasteiger partial charge in [0.1, 0.15) is 13.6 Å². The molecule has 0 saturated carbocycles. The number of carbonyl (C=O) groups is 2. The number of hydrogen-bond acceptors (Lipinski definition) is 4. The molecule has 0 aliphatic carbocycles. The van der Waals surface area contributed by atoms with Gasteiger partial charge in [-0.1, -0.05) is 54.0 Å². The monoisotopic (exact) mass is 429 g/mol. The van der Waals surface area contributed by atoms with Crippen LogP contribution in [0.15, 0.2) is 66.7 Å². The smallest absolute Gasteiger partial charge is 0.307 e. The van der Waals surface area contributed by atoms with E-state index in [4.69, 9.17) is 22.4 Å². The molecule has 0 bridgehead atoms. The third kappa shape index (κ3) is 6.14. The Kier molecular flexibility index (Phi) is 7.55. The topological polar surface area (TPSA) is 76.1 Å². The summed E-state index contributed by atoms with van der Waals surface area (Å²) in [5.41, 5.74) is 2.86. The van der Waals surface area contributed by atoms with E-state index < -0.39 is 5.97 Å². The van der Waals surface area contributed by atoms with Crippen molar-refractivity contribution in [2.75, 3.05) is 7.11 Å². The lowest BCUT2D eigenvalue weighted by Gasteiger charge is -2.23. The summed E-state index contributed by atoms with van der Waals surface area (Å²) in [5.74, 6) is 0.337. The zero-order valence-corrected chi connectivity index (χ0v) is 18.1. The van der Waals surface area contributed by atoms with Gasteiger partial charge in [0.2, 0.25) is 5.91 Å². The number of rotatable bonds is 9. The molecule has 3 aromatic carbocycles. The van der Waals surface area contributed by atoms with Crippen molar-refractivity contribution < 1.29 is 24.2 Å². The predicted octanol–water partition coefficient (Wildman–Crippen LogP) is 3.46. The molecule has 7 heteroatoms. The summed E-state index contributed by atoms with van der Waals surface area (Å²) in [4.78, 5) is 25.1. The summed E-state index contributed by atoms with van der Waals surface area (Å²) in [6.45, 7) is 2.26. The SMILES string of the molecule is [B]c1ccc(Oc2cc(CC(=O)O)ccc2OC)c(CN(Cc2ccccc2)C(C)=O)c1. The maximum atomic E-state index is 12.3. The first-order chi connectivity index (χ1) is 15.4. The summed E-state index contributed by atoms with van der Waals surface area (Å²) in [6, 6.07) is 19.9. The number of benzene rings is 3. The van der Waals surface area contributed by atoms with E-state index >= 15 is 0 Å². The molecule has 32 heavy (non-hydrogen) atoms. The fourth-order valence-corrected chi connectivity index (χ4v) is 3.31. The molecule has 162 valence electrons. The van der Waals surface area contributed by atoms with Crippen molar-refractivity contribution in [1.82, 2.24) is 4.90 Å². The molecule has 3 aromatic rings. The minimum atomic E-state index is -0.938. The van der Waals surface area contributed by atoms with E-state index in [0.717, 1.165) is 11.1 Å². The zero-order valence-electron chi connectivity index (χ0n) is 18.1. The molecule has 0 spiro atoms. The number of carboxylic acids is 1. The molecule has 0 fully saturated rings. The van der Waals surface area contributed by atoms with Gasteiger partial charge in [-0.2, -0.15) is 0 Å². The van der Waals surface area contributed by atoms with Crippen LogP contribution in [-0.2, 0) is 29.1 Å². The van der Waals surface area contributed by atoms with E-state index in [9.17, 15) is 9.59 Å².